The third-order valence-electron chi connectivity index (χ3n) is 4.82. The van der Waals surface area contributed by atoms with Crippen LogP contribution in [0.4, 0.5) is 0 Å². The van der Waals surface area contributed by atoms with Gasteiger partial charge in [0.2, 0.25) is 6.10 Å². The molecule has 2 aromatic carbocycles. The molecule has 32 heavy (non-hydrogen) atoms. The third-order valence-corrected chi connectivity index (χ3v) is 5.71. The van der Waals surface area contributed by atoms with Crippen molar-refractivity contribution in [1.29, 1.82) is 0 Å². The van der Waals surface area contributed by atoms with Gasteiger partial charge >= 0.3 is 0 Å². The molecule has 0 saturated carbocycles. The molecule has 0 fully saturated rings. The zero-order chi connectivity index (χ0) is 21.9. The maximum absolute atomic E-state index is 13.0. The minimum absolute atomic E-state index is 0.0448. The summed E-state index contributed by atoms with van der Waals surface area (Å²) in [6.45, 7) is 0.0448. The number of rotatable bonds is 4. The molecule has 1 aliphatic heterocycles. The van der Waals surface area contributed by atoms with Crippen LogP contribution in [-0.4, -0.2) is 34.3 Å². The molecule has 2 amide bonds. The van der Waals surface area contributed by atoms with E-state index >= 15 is 0 Å². The SMILES string of the molecule is O=C(NNC(=O)C1COc2ccccc2O1)c1cc(-c2cccs2)nn1-c1ccccc1. The van der Waals surface area contributed by atoms with Gasteiger partial charge in [0, 0.05) is 0 Å². The number of carbonyl (C=O) groups excluding carboxylic acids is 2. The normalized spacial score (nSPS) is 14.6. The van der Waals surface area contributed by atoms with E-state index in [4.69, 9.17) is 9.47 Å². The number of para-hydroxylation sites is 3. The van der Waals surface area contributed by atoms with E-state index in [0.29, 0.717) is 17.2 Å². The van der Waals surface area contributed by atoms with Crippen molar-refractivity contribution in [3.05, 3.63) is 83.9 Å². The summed E-state index contributed by atoms with van der Waals surface area (Å²) in [6, 6.07) is 22.0. The average molecular weight is 446 g/mol. The number of amides is 2. The number of nitrogens with zero attached hydrogens (tertiary/aromatic N) is 2. The molecule has 2 N–H and O–H groups in total. The van der Waals surface area contributed by atoms with E-state index < -0.39 is 17.9 Å². The molecule has 0 aliphatic carbocycles. The van der Waals surface area contributed by atoms with Crippen molar-refractivity contribution in [2.45, 2.75) is 6.10 Å². The van der Waals surface area contributed by atoms with E-state index in [1.165, 1.54) is 11.3 Å². The lowest BCUT2D eigenvalue weighted by atomic mass is 10.2. The van der Waals surface area contributed by atoms with Crippen molar-refractivity contribution < 1.29 is 19.1 Å². The molecular formula is C23H18N4O4S. The Labute approximate surface area is 187 Å². The first kappa shape index (κ1) is 19.8. The summed E-state index contributed by atoms with van der Waals surface area (Å²) in [6.07, 6.45) is -0.883. The van der Waals surface area contributed by atoms with Gasteiger partial charge in [-0.1, -0.05) is 36.4 Å². The number of hydrogen-bond acceptors (Lipinski definition) is 6. The lowest BCUT2D eigenvalue weighted by molar-refractivity contribution is -0.131. The fourth-order valence-corrected chi connectivity index (χ4v) is 3.95. The molecule has 5 rings (SSSR count). The topological polar surface area (TPSA) is 94.5 Å². The first-order valence-electron chi connectivity index (χ1n) is 9.87. The smallest absolute Gasteiger partial charge is 0.288 e. The molecule has 3 heterocycles. The minimum atomic E-state index is -0.883. The summed E-state index contributed by atoms with van der Waals surface area (Å²) in [7, 11) is 0. The van der Waals surface area contributed by atoms with Crippen LogP contribution >= 0.6 is 11.3 Å². The maximum atomic E-state index is 13.0. The van der Waals surface area contributed by atoms with E-state index in [-0.39, 0.29) is 12.3 Å². The summed E-state index contributed by atoms with van der Waals surface area (Å²) >= 11 is 1.53. The molecule has 2 aromatic heterocycles. The molecule has 1 unspecified atom stereocenters. The van der Waals surface area contributed by atoms with Crippen LogP contribution in [0.3, 0.4) is 0 Å². The summed E-state index contributed by atoms with van der Waals surface area (Å²) in [5, 5.41) is 6.54. The quantitative estimate of drug-likeness (QED) is 0.470. The van der Waals surface area contributed by atoms with Crippen LogP contribution in [0.5, 0.6) is 11.5 Å². The number of thiophene rings is 1. The zero-order valence-electron chi connectivity index (χ0n) is 16.7. The Bertz CT molecular complexity index is 1250. The molecule has 0 spiro atoms. The van der Waals surface area contributed by atoms with Crippen molar-refractivity contribution in [3.8, 4) is 27.8 Å². The number of ether oxygens (including phenoxy) is 2. The number of benzene rings is 2. The summed E-state index contributed by atoms with van der Waals surface area (Å²) < 4.78 is 12.8. The Morgan fingerprint density at radius 1 is 0.969 bits per heavy atom. The first-order valence-corrected chi connectivity index (χ1v) is 10.7. The molecule has 160 valence electrons. The number of fused-ring (bicyclic) bond motifs is 1. The van der Waals surface area contributed by atoms with Crippen molar-refractivity contribution >= 4 is 23.2 Å². The highest BCUT2D eigenvalue weighted by Crippen LogP contribution is 2.31. The van der Waals surface area contributed by atoms with E-state index in [2.05, 4.69) is 16.0 Å². The molecule has 1 atom stereocenters. The number of aromatic nitrogens is 2. The molecule has 1 aliphatic rings. The summed E-state index contributed by atoms with van der Waals surface area (Å²) in [5.74, 6) is 0.0353. The lowest BCUT2D eigenvalue weighted by Gasteiger charge is -2.25. The highest BCUT2D eigenvalue weighted by Gasteiger charge is 2.28. The van der Waals surface area contributed by atoms with Gasteiger partial charge in [-0.2, -0.15) is 5.10 Å². The van der Waals surface area contributed by atoms with Crippen LogP contribution < -0.4 is 20.3 Å². The average Bonchev–Trinajstić information content (AvgIpc) is 3.53. The molecule has 0 radical (unpaired) electrons. The fraction of sp³-hybridized carbons (Fsp3) is 0.0870. The van der Waals surface area contributed by atoms with Gasteiger partial charge < -0.3 is 9.47 Å². The third kappa shape index (κ3) is 3.93. The molecule has 8 nitrogen and oxygen atoms in total. The molecule has 0 bridgehead atoms. The van der Waals surface area contributed by atoms with Crippen molar-refractivity contribution in [2.24, 2.45) is 0 Å². The van der Waals surface area contributed by atoms with Gasteiger partial charge in [-0.25, -0.2) is 4.68 Å². The number of nitrogens with one attached hydrogen (secondary N) is 2. The second-order valence-electron chi connectivity index (χ2n) is 6.95. The lowest BCUT2D eigenvalue weighted by Crippen LogP contribution is -2.51. The minimum Gasteiger partial charge on any atom is -0.485 e. The van der Waals surface area contributed by atoms with Crippen molar-refractivity contribution in [3.63, 3.8) is 0 Å². The predicted octanol–water partition coefficient (Wildman–Crippen LogP) is 3.20. The van der Waals surface area contributed by atoms with Gasteiger partial charge in [0.1, 0.15) is 18.0 Å². The largest absolute Gasteiger partial charge is 0.485 e. The number of hydrazine groups is 1. The number of hydrogen-bond donors (Lipinski definition) is 2. The molecule has 0 saturated heterocycles. The standard InChI is InChI=1S/C23H18N4O4S/c28-22(24-25-23(29)20-14-30-18-9-4-5-10-19(18)31-20)17-13-16(21-11-6-12-32-21)26-27(17)15-7-2-1-3-8-15/h1-13,20H,14H2,(H,24,28)(H,25,29). The summed E-state index contributed by atoms with van der Waals surface area (Å²) in [4.78, 5) is 26.4. The van der Waals surface area contributed by atoms with Crippen molar-refractivity contribution in [1.82, 2.24) is 20.6 Å². The Kier molecular flexibility index (Phi) is 5.30. The van der Waals surface area contributed by atoms with Crippen LogP contribution in [-0.2, 0) is 4.79 Å². The number of carbonyl (C=O) groups is 2. The molecule has 9 heteroatoms. The summed E-state index contributed by atoms with van der Waals surface area (Å²) in [5.41, 5.74) is 6.56. The van der Waals surface area contributed by atoms with Gasteiger partial charge in [0.05, 0.1) is 10.6 Å². The van der Waals surface area contributed by atoms with Crippen LogP contribution in [0, 0.1) is 0 Å². The molecule has 4 aromatic rings. The van der Waals surface area contributed by atoms with Gasteiger partial charge in [-0.3, -0.25) is 20.4 Å². The van der Waals surface area contributed by atoms with Crippen LogP contribution in [0.1, 0.15) is 10.5 Å². The second kappa shape index (κ2) is 8.56. The van der Waals surface area contributed by atoms with Gasteiger partial charge in [0.15, 0.2) is 11.5 Å². The fourth-order valence-electron chi connectivity index (χ4n) is 3.27. The van der Waals surface area contributed by atoms with Crippen LogP contribution in [0.2, 0.25) is 0 Å². The van der Waals surface area contributed by atoms with Crippen LogP contribution in [0.15, 0.2) is 78.2 Å². The Balaban J connectivity index is 1.32. The Morgan fingerprint density at radius 3 is 2.53 bits per heavy atom. The highest BCUT2D eigenvalue weighted by molar-refractivity contribution is 7.13. The van der Waals surface area contributed by atoms with Crippen LogP contribution in [0.25, 0.3) is 16.3 Å². The van der Waals surface area contributed by atoms with Gasteiger partial charge in [-0.05, 0) is 41.8 Å². The monoisotopic (exact) mass is 446 g/mol. The van der Waals surface area contributed by atoms with E-state index in [1.807, 2.05) is 53.9 Å². The zero-order valence-corrected chi connectivity index (χ0v) is 17.5. The van der Waals surface area contributed by atoms with Crippen molar-refractivity contribution in [2.75, 3.05) is 6.61 Å². The predicted molar refractivity (Wildman–Crippen MR) is 119 cm³/mol. The van der Waals surface area contributed by atoms with E-state index in [0.717, 1.165) is 10.6 Å². The Hall–Kier alpha value is -4.11. The maximum Gasteiger partial charge on any atom is 0.288 e. The Morgan fingerprint density at radius 2 is 1.75 bits per heavy atom. The highest BCUT2D eigenvalue weighted by atomic mass is 32.1. The second-order valence-corrected chi connectivity index (χ2v) is 7.89. The van der Waals surface area contributed by atoms with E-state index in [9.17, 15) is 9.59 Å². The van der Waals surface area contributed by atoms with Gasteiger partial charge in [-0.15, -0.1) is 11.3 Å². The molecular weight excluding hydrogens is 428 g/mol. The van der Waals surface area contributed by atoms with Gasteiger partial charge in [0.25, 0.3) is 11.8 Å². The first-order chi connectivity index (χ1) is 15.7. The van der Waals surface area contributed by atoms with E-state index in [1.54, 1.807) is 28.9 Å².